The van der Waals surface area contributed by atoms with E-state index in [1.54, 1.807) is 11.8 Å². The van der Waals surface area contributed by atoms with Crippen LogP contribution in [0.2, 0.25) is 0 Å². The van der Waals surface area contributed by atoms with Gasteiger partial charge in [-0.15, -0.1) is 18.3 Å². The van der Waals surface area contributed by atoms with Crippen molar-refractivity contribution in [2.24, 2.45) is 0 Å². The summed E-state index contributed by atoms with van der Waals surface area (Å²) < 4.78 is 0. The van der Waals surface area contributed by atoms with Crippen LogP contribution in [0.25, 0.3) is 0 Å². The van der Waals surface area contributed by atoms with Gasteiger partial charge in [-0.1, -0.05) is 26.5 Å². The maximum absolute atomic E-state index is 3.83. The van der Waals surface area contributed by atoms with Crippen LogP contribution in [0, 0.1) is 0 Å². The fraction of sp³-hybridized carbons (Fsp3) is 0.556. The van der Waals surface area contributed by atoms with E-state index >= 15 is 0 Å². The van der Waals surface area contributed by atoms with Gasteiger partial charge in [-0.3, -0.25) is 0 Å². The number of allylic oxidation sites excluding steroid dienone is 2. The van der Waals surface area contributed by atoms with Crippen molar-refractivity contribution in [2.45, 2.75) is 26.7 Å². The van der Waals surface area contributed by atoms with Crippen molar-refractivity contribution in [3.05, 3.63) is 24.1 Å². The molecule has 0 aliphatic heterocycles. The first-order valence-electron chi connectivity index (χ1n) is 3.64. The van der Waals surface area contributed by atoms with Gasteiger partial charge in [0, 0.05) is 0 Å². The van der Waals surface area contributed by atoms with Gasteiger partial charge in [-0.2, -0.15) is 0 Å². The van der Waals surface area contributed by atoms with E-state index in [0.29, 0.717) is 0 Å². The average Bonchev–Trinajstić information content (AvgIpc) is 2.04. The highest BCUT2D eigenvalue weighted by Crippen LogP contribution is 2.14. The minimum atomic E-state index is 1.06. The summed E-state index contributed by atoms with van der Waals surface area (Å²) in [6.45, 7) is 11.4. The summed E-state index contributed by atoms with van der Waals surface area (Å²) in [6.07, 6.45) is 6.09. The molecule has 0 aliphatic rings. The molecule has 0 unspecified atom stereocenters. The van der Waals surface area contributed by atoms with Crippen LogP contribution in [0.3, 0.4) is 0 Å². The van der Waals surface area contributed by atoms with E-state index in [0.717, 1.165) is 12.8 Å². The van der Waals surface area contributed by atoms with Gasteiger partial charge < -0.3 is 0 Å². The lowest BCUT2D eigenvalue weighted by molar-refractivity contribution is 1.04. The molecule has 0 amide bonds. The Morgan fingerprint density at radius 3 is 2.30 bits per heavy atom. The third-order valence-electron chi connectivity index (χ3n) is 0.916. The number of hydrogen-bond donors (Lipinski definition) is 0. The molecule has 0 bridgehead atoms. The fourth-order valence-electron chi connectivity index (χ4n) is 0.365. The molecule has 0 heterocycles. The van der Waals surface area contributed by atoms with Crippen molar-refractivity contribution in [3.8, 4) is 0 Å². The van der Waals surface area contributed by atoms with Crippen LogP contribution in [0.1, 0.15) is 26.7 Å². The van der Waals surface area contributed by atoms with E-state index in [2.05, 4.69) is 13.2 Å². The summed E-state index contributed by atoms with van der Waals surface area (Å²) >= 11 is 1.72. The second kappa shape index (κ2) is 11.6. The third-order valence-corrected chi connectivity index (χ3v) is 1.70. The average molecular weight is 158 g/mol. The van der Waals surface area contributed by atoms with E-state index < -0.39 is 0 Å². The Hall–Kier alpha value is -0.170. The van der Waals surface area contributed by atoms with E-state index in [-0.39, 0.29) is 0 Å². The van der Waals surface area contributed by atoms with E-state index in [4.69, 9.17) is 0 Å². The molecule has 10 heavy (non-hydrogen) atoms. The Kier molecular flexibility index (Phi) is 14.5. The van der Waals surface area contributed by atoms with Gasteiger partial charge in [0.2, 0.25) is 0 Å². The van der Waals surface area contributed by atoms with E-state index in [1.165, 1.54) is 4.91 Å². The van der Waals surface area contributed by atoms with Crippen molar-refractivity contribution < 1.29 is 0 Å². The molecule has 0 rings (SSSR count). The molecule has 60 valence electrons. The fourth-order valence-corrected chi connectivity index (χ4v) is 0.687. The zero-order valence-corrected chi connectivity index (χ0v) is 8.13. The highest BCUT2D eigenvalue weighted by atomic mass is 32.2. The van der Waals surface area contributed by atoms with Crippen LogP contribution in [0.5, 0.6) is 0 Å². The molecular weight excluding hydrogens is 140 g/mol. The molecule has 0 N–H and O–H groups in total. The van der Waals surface area contributed by atoms with Crippen molar-refractivity contribution in [1.82, 2.24) is 0 Å². The molecule has 1 heteroatoms. The van der Waals surface area contributed by atoms with Gasteiger partial charge in [0.15, 0.2) is 0 Å². The minimum absolute atomic E-state index is 1.06. The largest absolute Gasteiger partial charge is 0.135 e. The van der Waals surface area contributed by atoms with Gasteiger partial charge in [0.1, 0.15) is 0 Å². The maximum atomic E-state index is 3.83. The Labute approximate surface area is 69.4 Å². The first-order chi connectivity index (χ1) is 4.81. The van der Waals surface area contributed by atoms with Crippen LogP contribution in [-0.2, 0) is 0 Å². The Morgan fingerprint density at radius 1 is 1.50 bits per heavy atom. The van der Waals surface area contributed by atoms with Crippen molar-refractivity contribution in [3.63, 3.8) is 0 Å². The number of thioether (sulfide) groups is 1. The molecule has 0 saturated carbocycles. The normalized spacial score (nSPS) is 7.50. The van der Waals surface area contributed by atoms with Gasteiger partial charge in [0.05, 0.1) is 0 Å². The Bertz CT molecular complexity index is 84.7. The van der Waals surface area contributed by atoms with Crippen molar-refractivity contribution >= 4 is 11.8 Å². The topological polar surface area (TPSA) is 0 Å². The quantitative estimate of drug-likeness (QED) is 0.560. The SMILES string of the molecule is C=CCCC(=C)SC.CC. The summed E-state index contributed by atoms with van der Waals surface area (Å²) in [7, 11) is 0. The summed E-state index contributed by atoms with van der Waals surface area (Å²) in [6, 6.07) is 0. The first-order valence-corrected chi connectivity index (χ1v) is 4.86. The molecule has 0 spiro atoms. The zero-order valence-electron chi connectivity index (χ0n) is 7.31. The molecule has 0 fully saturated rings. The zero-order chi connectivity index (χ0) is 8.41. The highest BCUT2D eigenvalue weighted by molar-refractivity contribution is 8.02. The monoisotopic (exact) mass is 158 g/mol. The maximum Gasteiger partial charge on any atom is -0.0140 e. The summed E-state index contributed by atoms with van der Waals surface area (Å²) in [4.78, 5) is 1.24. The highest BCUT2D eigenvalue weighted by Gasteiger charge is 1.85. The first kappa shape index (κ1) is 12.5. The molecular formula is C9H18S. The minimum Gasteiger partial charge on any atom is -0.135 e. The predicted molar refractivity (Wildman–Crippen MR) is 53.4 cm³/mol. The Balaban J connectivity index is 0. The lowest BCUT2D eigenvalue weighted by Crippen LogP contribution is -1.70. The van der Waals surface area contributed by atoms with Crippen molar-refractivity contribution in [2.75, 3.05) is 6.26 Å². The van der Waals surface area contributed by atoms with Gasteiger partial charge in [-0.05, 0) is 24.0 Å². The number of rotatable bonds is 4. The Morgan fingerprint density at radius 2 is 2.00 bits per heavy atom. The lowest BCUT2D eigenvalue weighted by Gasteiger charge is -1.94. The van der Waals surface area contributed by atoms with Crippen LogP contribution in [0.4, 0.5) is 0 Å². The third kappa shape index (κ3) is 10.7. The summed E-state index contributed by atoms with van der Waals surface area (Å²) in [5.74, 6) is 0. The molecule has 0 nitrogen and oxygen atoms in total. The lowest BCUT2D eigenvalue weighted by atomic mass is 10.3. The van der Waals surface area contributed by atoms with Gasteiger partial charge >= 0.3 is 0 Å². The summed E-state index contributed by atoms with van der Waals surface area (Å²) in [5.41, 5.74) is 0. The number of hydrogen-bond acceptors (Lipinski definition) is 1. The van der Waals surface area contributed by atoms with Gasteiger partial charge in [0.25, 0.3) is 0 Å². The van der Waals surface area contributed by atoms with Crippen LogP contribution in [-0.4, -0.2) is 6.26 Å². The summed E-state index contributed by atoms with van der Waals surface area (Å²) in [5, 5.41) is 0. The van der Waals surface area contributed by atoms with Gasteiger partial charge in [-0.25, -0.2) is 0 Å². The van der Waals surface area contributed by atoms with Crippen molar-refractivity contribution in [1.29, 1.82) is 0 Å². The molecule has 0 atom stereocenters. The predicted octanol–water partition coefficient (Wildman–Crippen LogP) is 3.86. The second-order valence-corrected chi connectivity index (χ2v) is 2.56. The van der Waals surface area contributed by atoms with Crippen LogP contribution < -0.4 is 0 Å². The molecule has 0 saturated heterocycles. The second-order valence-electron chi connectivity index (χ2n) is 1.57. The molecule has 0 aromatic heterocycles. The van der Waals surface area contributed by atoms with Crippen LogP contribution in [0.15, 0.2) is 24.1 Å². The van der Waals surface area contributed by atoms with E-state index in [9.17, 15) is 0 Å². The molecule has 0 aromatic carbocycles. The smallest absolute Gasteiger partial charge is 0.0140 e. The van der Waals surface area contributed by atoms with Crippen LogP contribution >= 0.6 is 11.8 Å². The molecule has 0 aliphatic carbocycles. The molecule has 0 aromatic rings. The standard InChI is InChI=1S/C7H12S.C2H6/c1-4-5-6-7(2)8-3;1-2/h4H,1-2,5-6H2,3H3;1-2H3. The molecule has 0 radical (unpaired) electrons. The van der Waals surface area contributed by atoms with E-state index in [1.807, 2.05) is 26.2 Å².